The Hall–Kier alpha value is -2.26. The second-order valence-electron chi connectivity index (χ2n) is 7.75. The molecule has 4 rings (SSSR count). The smallest absolute Gasteiger partial charge is 0.406 e. The summed E-state index contributed by atoms with van der Waals surface area (Å²) in [5.74, 6) is 2.09. The molecule has 172 valence electrons. The van der Waals surface area contributed by atoms with E-state index in [9.17, 15) is 9.36 Å². The first-order valence-electron chi connectivity index (χ1n) is 9.78. The number of anilines is 1. The lowest BCUT2D eigenvalue weighted by atomic mass is 9.99. The summed E-state index contributed by atoms with van der Waals surface area (Å²) in [7, 11) is -3.88. The van der Waals surface area contributed by atoms with E-state index in [0.717, 1.165) is 0 Å². The van der Waals surface area contributed by atoms with Crippen LogP contribution in [0.2, 0.25) is 5.28 Å². The van der Waals surface area contributed by atoms with Gasteiger partial charge in [0.1, 0.15) is 30.5 Å². The predicted molar refractivity (Wildman–Crippen MR) is 113 cm³/mol. The van der Waals surface area contributed by atoms with Crippen LogP contribution < -0.4 is 10.8 Å². The van der Waals surface area contributed by atoms with Crippen molar-refractivity contribution in [2.75, 3.05) is 12.3 Å². The highest BCUT2D eigenvalue weighted by Gasteiger charge is 2.57. The van der Waals surface area contributed by atoms with Crippen molar-refractivity contribution >= 4 is 42.3 Å². The van der Waals surface area contributed by atoms with Crippen LogP contribution in [0.25, 0.3) is 11.2 Å². The monoisotopic (exact) mass is 484 g/mol. The van der Waals surface area contributed by atoms with Gasteiger partial charge in [-0.25, -0.2) is 14.6 Å². The molecule has 0 aromatic carbocycles. The van der Waals surface area contributed by atoms with Crippen molar-refractivity contribution in [2.24, 2.45) is 0 Å². The number of rotatable bonds is 5. The van der Waals surface area contributed by atoms with Crippen LogP contribution in [0, 0.1) is 12.3 Å². The molecule has 32 heavy (non-hydrogen) atoms. The molecule has 2 aromatic heterocycles. The Morgan fingerprint density at radius 1 is 1.50 bits per heavy atom. The van der Waals surface area contributed by atoms with E-state index in [1.807, 2.05) is 0 Å². The number of nitrogen functional groups attached to an aromatic ring is 1. The number of fused-ring (bicyclic) bond motifs is 2. The molecule has 2 saturated heterocycles. The summed E-state index contributed by atoms with van der Waals surface area (Å²) in [5, 5.41) is 2.54. The summed E-state index contributed by atoms with van der Waals surface area (Å²) < 4.78 is 37.2. The van der Waals surface area contributed by atoms with Crippen molar-refractivity contribution in [3.8, 4) is 12.3 Å². The predicted octanol–water partition coefficient (Wildman–Crippen LogP) is 1.81. The molecule has 4 heterocycles. The second-order valence-corrected chi connectivity index (χ2v) is 9.81. The molecule has 2 aliphatic heterocycles. The normalized spacial score (nSPS) is 30.8. The largest absolute Gasteiger partial charge is 0.462 e. The van der Waals surface area contributed by atoms with Crippen LogP contribution in [0.5, 0.6) is 0 Å². The van der Waals surface area contributed by atoms with Crippen LogP contribution in [0.3, 0.4) is 0 Å². The standard InChI is InChI=1S/C18H22ClN6O6P/c1-5-18-7-28-32(27,24-10(4)16(26)29-9(2)3)31-11(18)6-12(30-18)25-8-21-13-14(20)22-17(19)23-15(13)25/h1,8-12H,6-7H2,2-4H3,(H,24,27)(H2,20,22,23)/t10-,11+,12-,18-,32?/m1/s1. The highest BCUT2D eigenvalue weighted by Crippen LogP contribution is 2.56. The third-order valence-corrected chi connectivity index (χ3v) is 6.90. The summed E-state index contributed by atoms with van der Waals surface area (Å²) in [6.45, 7) is 4.71. The number of hydrogen-bond acceptors (Lipinski definition) is 10. The molecular formula is C18H22ClN6O6P. The first kappa shape index (κ1) is 22.9. The Morgan fingerprint density at radius 2 is 2.25 bits per heavy atom. The fourth-order valence-corrected chi connectivity index (χ4v) is 5.43. The van der Waals surface area contributed by atoms with E-state index in [2.05, 4.69) is 26.0 Å². The molecule has 2 aromatic rings. The van der Waals surface area contributed by atoms with Crippen molar-refractivity contribution in [1.29, 1.82) is 0 Å². The van der Waals surface area contributed by atoms with E-state index in [4.69, 9.17) is 42.3 Å². The van der Waals surface area contributed by atoms with Crippen molar-refractivity contribution in [2.45, 2.75) is 57.3 Å². The Balaban J connectivity index is 1.56. The molecule has 0 bridgehead atoms. The quantitative estimate of drug-likeness (QED) is 0.276. The van der Waals surface area contributed by atoms with Crippen LogP contribution in [0.1, 0.15) is 33.4 Å². The average Bonchev–Trinajstić information content (AvgIpc) is 3.28. The zero-order valence-electron chi connectivity index (χ0n) is 17.5. The van der Waals surface area contributed by atoms with Crippen molar-refractivity contribution in [3.05, 3.63) is 11.6 Å². The first-order valence-corrected chi connectivity index (χ1v) is 11.7. The molecule has 14 heteroatoms. The molecule has 0 aliphatic carbocycles. The minimum absolute atomic E-state index is 0.0469. The summed E-state index contributed by atoms with van der Waals surface area (Å²) in [6.07, 6.45) is 5.62. The molecule has 0 radical (unpaired) electrons. The fourth-order valence-electron chi connectivity index (χ4n) is 3.53. The zero-order valence-corrected chi connectivity index (χ0v) is 19.2. The van der Waals surface area contributed by atoms with E-state index < -0.39 is 37.7 Å². The lowest BCUT2D eigenvalue weighted by Crippen LogP contribution is -2.49. The van der Waals surface area contributed by atoms with Crippen molar-refractivity contribution < 1.29 is 27.9 Å². The minimum atomic E-state index is -3.88. The van der Waals surface area contributed by atoms with Gasteiger partial charge in [0.2, 0.25) is 5.28 Å². The number of halogens is 1. The Labute approximate surface area is 188 Å². The zero-order chi connectivity index (χ0) is 23.3. The van der Waals surface area contributed by atoms with Crippen LogP contribution in [-0.2, 0) is 27.9 Å². The van der Waals surface area contributed by atoms with Gasteiger partial charge in [-0.1, -0.05) is 5.92 Å². The van der Waals surface area contributed by atoms with Gasteiger partial charge in [0, 0.05) is 6.42 Å². The van der Waals surface area contributed by atoms with Gasteiger partial charge in [-0.3, -0.25) is 18.4 Å². The highest BCUT2D eigenvalue weighted by atomic mass is 35.5. The number of esters is 1. The molecule has 2 fully saturated rings. The number of imidazole rings is 1. The van der Waals surface area contributed by atoms with Crippen LogP contribution >= 0.6 is 19.3 Å². The topological polar surface area (TPSA) is 153 Å². The summed E-state index contributed by atoms with van der Waals surface area (Å²) in [6, 6.07) is -0.931. The molecule has 1 unspecified atom stereocenters. The number of nitrogens with zero attached hydrogens (tertiary/aromatic N) is 4. The lowest BCUT2D eigenvalue weighted by molar-refractivity contribution is -0.149. The second kappa shape index (κ2) is 8.26. The van der Waals surface area contributed by atoms with Gasteiger partial charge in [0.05, 0.1) is 12.4 Å². The molecule has 0 saturated carbocycles. The van der Waals surface area contributed by atoms with Gasteiger partial charge in [0.15, 0.2) is 17.1 Å². The van der Waals surface area contributed by atoms with Gasteiger partial charge in [-0.2, -0.15) is 9.97 Å². The molecule has 2 aliphatic rings. The van der Waals surface area contributed by atoms with Gasteiger partial charge in [-0.05, 0) is 32.4 Å². The number of nitrogens with one attached hydrogen (secondary N) is 1. The summed E-state index contributed by atoms with van der Waals surface area (Å²) in [4.78, 5) is 24.3. The van der Waals surface area contributed by atoms with Gasteiger partial charge >= 0.3 is 13.7 Å². The van der Waals surface area contributed by atoms with E-state index in [1.165, 1.54) is 13.3 Å². The van der Waals surface area contributed by atoms with Crippen LogP contribution in [0.15, 0.2) is 6.33 Å². The number of carbonyl (C=O) groups excluding carboxylic acids is 1. The van der Waals surface area contributed by atoms with E-state index in [-0.39, 0.29) is 30.2 Å². The summed E-state index contributed by atoms with van der Waals surface area (Å²) >= 11 is 5.93. The van der Waals surface area contributed by atoms with Crippen molar-refractivity contribution in [3.63, 3.8) is 0 Å². The number of aromatic nitrogens is 4. The molecule has 3 N–H and O–H groups in total. The Bertz CT molecular complexity index is 1150. The third kappa shape index (κ3) is 4.08. The van der Waals surface area contributed by atoms with Gasteiger partial charge in [0.25, 0.3) is 0 Å². The van der Waals surface area contributed by atoms with Gasteiger partial charge < -0.3 is 15.2 Å². The summed E-state index contributed by atoms with van der Waals surface area (Å²) in [5.41, 5.74) is 5.26. The highest BCUT2D eigenvalue weighted by molar-refractivity contribution is 7.51. The number of hydrogen-bond donors (Lipinski definition) is 2. The lowest BCUT2D eigenvalue weighted by Gasteiger charge is -2.37. The first-order chi connectivity index (χ1) is 15.1. The van der Waals surface area contributed by atoms with Gasteiger partial charge in [-0.15, -0.1) is 6.42 Å². The number of nitrogens with two attached hydrogens (primary N) is 1. The Morgan fingerprint density at radius 3 is 2.94 bits per heavy atom. The maximum atomic E-state index is 13.2. The molecule has 0 spiro atoms. The van der Waals surface area contributed by atoms with Crippen LogP contribution in [-0.4, -0.2) is 55.9 Å². The SMILES string of the molecule is C#C[C@@]12COP(=O)(N[C@H](C)C(=O)OC(C)C)O[C@H]1C[C@H](n1cnc3c(N)nc(Cl)nc31)O2. The number of carbonyl (C=O) groups is 1. The molecular weight excluding hydrogens is 463 g/mol. The minimum Gasteiger partial charge on any atom is -0.462 e. The van der Waals surface area contributed by atoms with E-state index in [0.29, 0.717) is 11.2 Å². The fraction of sp³-hybridized carbons (Fsp3) is 0.556. The molecule has 5 atom stereocenters. The maximum Gasteiger partial charge on any atom is 0.406 e. The average molecular weight is 485 g/mol. The maximum absolute atomic E-state index is 13.2. The number of terminal acetylenes is 1. The van der Waals surface area contributed by atoms with E-state index >= 15 is 0 Å². The van der Waals surface area contributed by atoms with Crippen molar-refractivity contribution in [1.82, 2.24) is 24.6 Å². The molecule has 0 amide bonds. The van der Waals surface area contributed by atoms with Crippen LogP contribution in [0.4, 0.5) is 5.82 Å². The Kier molecular flexibility index (Phi) is 5.92. The number of ether oxygens (including phenoxy) is 2. The molecule has 12 nitrogen and oxygen atoms in total. The third-order valence-electron chi connectivity index (χ3n) is 5.03. The van der Waals surface area contributed by atoms with E-state index in [1.54, 1.807) is 18.4 Å².